The summed E-state index contributed by atoms with van der Waals surface area (Å²) in [7, 11) is 0. The Morgan fingerprint density at radius 3 is 2.33 bits per heavy atom. The first kappa shape index (κ1) is 29.3. The van der Waals surface area contributed by atoms with E-state index in [0.717, 1.165) is 6.07 Å². The van der Waals surface area contributed by atoms with Crippen LogP contribution in [-0.2, 0) is 41.7 Å². The molecule has 39 heavy (non-hydrogen) atoms. The molecule has 2 aromatic rings. The number of phenols is 1. The molecule has 0 bridgehead atoms. The molecule has 3 rings (SSSR count). The third kappa shape index (κ3) is 6.80. The van der Waals surface area contributed by atoms with Crippen LogP contribution in [0.5, 0.6) is 5.75 Å². The van der Waals surface area contributed by atoms with E-state index in [9.17, 15) is 39.2 Å². The molecule has 11 heteroatoms. The number of para-hydroxylation sites is 1. The minimum atomic E-state index is -1.44. The number of nitro groups is 1. The minimum absolute atomic E-state index is 0.00686. The van der Waals surface area contributed by atoms with E-state index < -0.39 is 81.8 Å². The average molecular weight is 539 g/mol. The Morgan fingerprint density at radius 1 is 1.05 bits per heavy atom. The van der Waals surface area contributed by atoms with Crippen molar-refractivity contribution < 1.29 is 38.7 Å². The van der Waals surface area contributed by atoms with Crippen molar-refractivity contribution in [2.24, 2.45) is 17.8 Å². The van der Waals surface area contributed by atoms with E-state index in [2.05, 4.69) is 5.32 Å². The van der Waals surface area contributed by atoms with Crippen molar-refractivity contribution in [3.8, 4) is 5.75 Å². The van der Waals surface area contributed by atoms with E-state index in [0.29, 0.717) is 5.56 Å². The van der Waals surface area contributed by atoms with Crippen LogP contribution in [0.1, 0.15) is 38.3 Å². The summed E-state index contributed by atoms with van der Waals surface area (Å²) in [6, 6.07) is 11.1. The highest BCUT2D eigenvalue weighted by atomic mass is 16.6. The number of rotatable bonds is 8. The lowest BCUT2D eigenvalue weighted by Gasteiger charge is -2.29. The SMILES string of the molecule is CC(C)C(=O)O[C@@H]1[C@H](C)C(=O)C(=O)[C@@H](NCc2cccc([N+](=O)[O-])c2O)CC(=O)C(=O)[C@@H]1Cc1ccccc1. The number of phenolic OH excluding ortho intramolecular Hbond substituents is 1. The van der Waals surface area contributed by atoms with Gasteiger partial charge in [-0.25, -0.2) is 0 Å². The van der Waals surface area contributed by atoms with Crippen molar-refractivity contribution >= 4 is 34.8 Å². The molecule has 0 saturated heterocycles. The maximum atomic E-state index is 13.5. The summed E-state index contributed by atoms with van der Waals surface area (Å²) >= 11 is 0. The normalized spacial score (nSPS) is 22.3. The third-order valence-electron chi connectivity index (χ3n) is 6.72. The van der Waals surface area contributed by atoms with Crippen LogP contribution in [0.25, 0.3) is 0 Å². The lowest BCUT2D eigenvalue weighted by atomic mass is 9.81. The smallest absolute Gasteiger partial charge is 0.311 e. The Morgan fingerprint density at radius 2 is 1.72 bits per heavy atom. The standard InChI is InChI=1S/C28H30N2O9/c1-15(2)28(36)39-27-16(3)23(32)26(35)20(29-14-18-10-7-11-21(24(18)33)30(37)38)13-22(31)25(34)19(27)12-17-8-5-4-6-9-17/h4-11,15-16,19-20,27,29,33H,12-14H2,1-3H3/t16-,19+,20+,27-/m1/s1. The van der Waals surface area contributed by atoms with Crippen LogP contribution >= 0.6 is 0 Å². The molecule has 2 aromatic carbocycles. The van der Waals surface area contributed by atoms with Gasteiger partial charge >= 0.3 is 11.7 Å². The maximum absolute atomic E-state index is 13.5. The summed E-state index contributed by atoms with van der Waals surface area (Å²) in [6.45, 7) is 4.24. The highest BCUT2D eigenvalue weighted by Gasteiger charge is 2.46. The van der Waals surface area contributed by atoms with Crippen LogP contribution in [0.3, 0.4) is 0 Å². The second kappa shape index (κ2) is 12.5. The van der Waals surface area contributed by atoms with Gasteiger partial charge in [0, 0.05) is 24.6 Å². The Hall–Kier alpha value is -4.25. The average Bonchev–Trinajstić information content (AvgIpc) is 2.93. The van der Waals surface area contributed by atoms with Crippen LogP contribution < -0.4 is 5.32 Å². The number of ketones is 4. The maximum Gasteiger partial charge on any atom is 0.311 e. The van der Waals surface area contributed by atoms with Gasteiger partial charge in [-0.15, -0.1) is 0 Å². The highest BCUT2D eigenvalue weighted by Crippen LogP contribution is 2.30. The summed E-state index contributed by atoms with van der Waals surface area (Å²) in [4.78, 5) is 76.1. The zero-order valence-corrected chi connectivity index (χ0v) is 21.8. The van der Waals surface area contributed by atoms with E-state index in [1.807, 2.05) is 0 Å². The van der Waals surface area contributed by atoms with Crippen LogP contribution in [0, 0.1) is 27.9 Å². The van der Waals surface area contributed by atoms with Gasteiger partial charge in [-0.1, -0.05) is 63.2 Å². The molecule has 0 heterocycles. The number of ether oxygens (including phenoxy) is 1. The summed E-state index contributed by atoms with van der Waals surface area (Å²) < 4.78 is 5.59. The molecule has 1 saturated carbocycles. The van der Waals surface area contributed by atoms with Crippen molar-refractivity contribution in [1.29, 1.82) is 0 Å². The van der Waals surface area contributed by atoms with Gasteiger partial charge in [0.1, 0.15) is 6.10 Å². The quantitative estimate of drug-likeness (QED) is 0.220. The molecule has 4 atom stereocenters. The molecule has 0 unspecified atom stereocenters. The number of benzene rings is 2. The number of Topliss-reactive ketones (excluding diaryl/α,β-unsaturated/α-hetero) is 4. The number of nitro benzene ring substituents is 1. The minimum Gasteiger partial charge on any atom is -0.502 e. The molecule has 11 nitrogen and oxygen atoms in total. The van der Waals surface area contributed by atoms with Crippen LogP contribution in [0.2, 0.25) is 0 Å². The molecular formula is C28H30N2O9. The number of nitrogens with zero attached hydrogens (tertiary/aromatic N) is 1. The fourth-order valence-corrected chi connectivity index (χ4v) is 4.43. The number of hydrogen-bond acceptors (Lipinski definition) is 10. The molecule has 1 aliphatic carbocycles. The first-order valence-electron chi connectivity index (χ1n) is 12.5. The van der Waals surface area contributed by atoms with E-state index in [1.165, 1.54) is 19.1 Å². The second-order valence-corrected chi connectivity index (χ2v) is 9.84. The van der Waals surface area contributed by atoms with Gasteiger partial charge in [0.2, 0.25) is 23.1 Å². The Kier molecular flexibility index (Phi) is 9.42. The van der Waals surface area contributed by atoms with Crippen molar-refractivity contribution in [3.05, 3.63) is 69.8 Å². The van der Waals surface area contributed by atoms with Crippen LogP contribution in [0.15, 0.2) is 48.5 Å². The largest absolute Gasteiger partial charge is 0.502 e. The van der Waals surface area contributed by atoms with Gasteiger partial charge in [-0.05, 0) is 12.0 Å². The number of carbonyl (C=O) groups excluding carboxylic acids is 5. The second-order valence-electron chi connectivity index (χ2n) is 9.84. The van der Waals surface area contributed by atoms with Crippen LogP contribution in [0.4, 0.5) is 5.69 Å². The van der Waals surface area contributed by atoms with Gasteiger partial charge in [0.05, 0.1) is 28.7 Å². The number of esters is 1. The molecule has 0 aliphatic heterocycles. The molecule has 0 aromatic heterocycles. The molecule has 1 aliphatic rings. The first-order valence-corrected chi connectivity index (χ1v) is 12.5. The molecule has 2 N–H and O–H groups in total. The summed E-state index contributed by atoms with van der Waals surface area (Å²) in [5.74, 6) is -8.07. The predicted molar refractivity (Wildman–Crippen MR) is 138 cm³/mol. The van der Waals surface area contributed by atoms with Crippen molar-refractivity contribution in [2.75, 3.05) is 0 Å². The number of carbonyl (C=O) groups is 5. The molecular weight excluding hydrogens is 508 g/mol. The molecule has 0 spiro atoms. The van der Waals surface area contributed by atoms with Gasteiger partial charge in [0.25, 0.3) is 0 Å². The zero-order valence-electron chi connectivity index (χ0n) is 21.8. The topological polar surface area (TPSA) is 170 Å². The van der Waals surface area contributed by atoms with Crippen LogP contribution in [-0.4, -0.2) is 51.3 Å². The lowest BCUT2D eigenvalue weighted by Crippen LogP contribution is -2.46. The van der Waals surface area contributed by atoms with Gasteiger partial charge < -0.3 is 15.2 Å². The fourth-order valence-electron chi connectivity index (χ4n) is 4.43. The van der Waals surface area contributed by atoms with E-state index in [4.69, 9.17) is 4.74 Å². The van der Waals surface area contributed by atoms with E-state index >= 15 is 0 Å². The van der Waals surface area contributed by atoms with Gasteiger partial charge in [0.15, 0.2) is 5.75 Å². The van der Waals surface area contributed by atoms with Crippen molar-refractivity contribution in [3.63, 3.8) is 0 Å². The van der Waals surface area contributed by atoms with Gasteiger partial charge in [-0.2, -0.15) is 0 Å². The van der Waals surface area contributed by atoms with Crippen molar-refractivity contribution in [1.82, 2.24) is 5.32 Å². The van der Waals surface area contributed by atoms with Crippen molar-refractivity contribution in [2.45, 2.75) is 52.3 Å². The summed E-state index contributed by atoms with van der Waals surface area (Å²) in [5.41, 5.74) is 0.182. The zero-order chi connectivity index (χ0) is 28.9. The number of nitrogens with one attached hydrogen (secondary N) is 1. The van der Waals surface area contributed by atoms with E-state index in [-0.39, 0.29) is 18.5 Å². The number of hydrogen-bond donors (Lipinski definition) is 2. The van der Waals surface area contributed by atoms with E-state index in [1.54, 1.807) is 44.2 Å². The number of aromatic hydroxyl groups is 1. The monoisotopic (exact) mass is 538 g/mol. The predicted octanol–water partition coefficient (Wildman–Crippen LogP) is 2.50. The summed E-state index contributed by atoms with van der Waals surface area (Å²) in [5, 5.41) is 24.1. The molecule has 1 fully saturated rings. The molecule has 0 radical (unpaired) electrons. The highest BCUT2D eigenvalue weighted by molar-refractivity contribution is 6.44. The van der Waals surface area contributed by atoms with Gasteiger partial charge in [-0.3, -0.25) is 34.1 Å². The first-order chi connectivity index (χ1) is 18.4. The summed E-state index contributed by atoms with van der Waals surface area (Å²) in [6.07, 6.45) is -2.00. The fraction of sp³-hybridized carbons (Fsp3) is 0.393. The molecule has 0 amide bonds. The third-order valence-corrected chi connectivity index (χ3v) is 6.72. The Balaban J connectivity index is 1.96. The molecule has 206 valence electrons. The Bertz CT molecular complexity index is 1290. The Labute approximate surface area is 224 Å². The lowest BCUT2D eigenvalue weighted by molar-refractivity contribution is -0.385.